The van der Waals surface area contributed by atoms with Gasteiger partial charge < -0.3 is 4.74 Å². The van der Waals surface area contributed by atoms with Gasteiger partial charge in [-0.05, 0) is 39.3 Å². The largest absolute Gasteiger partial charge is 0.496 e. The van der Waals surface area contributed by atoms with E-state index < -0.39 is 0 Å². The molecular formula is C9H7BrO2S. The Kier molecular flexibility index (Phi) is 2.34. The molecule has 4 heteroatoms. The van der Waals surface area contributed by atoms with Crippen LogP contribution in [0.25, 0.3) is 0 Å². The molecule has 1 aliphatic rings. The normalized spacial score (nSPS) is 14.5. The number of rotatable bonds is 1. The molecule has 0 aliphatic carbocycles. The minimum Gasteiger partial charge on any atom is -0.496 e. The molecule has 0 atom stereocenters. The molecule has 0 fully saturated rings. The summed E-state index contributed by atoms with van der Waals surface area (Å²) in [5.74, 6) is 0.779. The van der Waals surface area contributed by atoms with E-state index in [4.69, 9.17) is 4.74 Å². The van der Waals surface area contributed by atoms with Crippen molar-refractivity contribution < 1.29 is 9.53 Å². The van der Waals surface area contributed by atoms with Gasteiger partial charge in [-0.2, -0.15) is 0 Å². The number of thioether (sulfide) groups is 1. The summed E-state index contributed by atoms with van der Waals surface area (Å²) in [7, 11) is 1.62. The van der Waals surface area contributed by atoms with Crippen molar-refractivity contribution in [3.8, 4) is 5.75 Å². The Hall–Kier alpha value is -0.480. The molecule has 1 aromatic rings. The highest BCUT2D eigenvalue weighted by atomic mass is 79.9. The first-order valence-corrected chi connectivity index (χ1v) is 5.39. The highest BCUT2D eigenvalue weighted by Crippen LogP contribution is 2.42. The van der Waals surface area contributed by atoms with E-state index in [-0.39, 0.29) is 5.12 Å². The predicted octanol–water partition coefficient (Wildman–Crippen LogP) is 2.63. The van der Waals surface area contributed by atoms with Crippen LogP contribution in [-0.2, 0) is 11.2 Å². The average Bonchev–Trinajstić information content (AvgIpc) is 2.47. The zero-order chi connectivity index (χ0) is 9.42. The maximum Gasteiger partial charge on any atom is 0.198 e. The van der Waals surface area contributed by atoms with Crippen LogP contribution in [-0.4, -0.2) is 12.2 Å². The van der Waals surface area contributed by atoms with Crippen molar-refractivity contribution in [2.24, 2.45) is 0 Å². The van der Waals surface area contributed by atoms with Crippen molar-refractivity contribution >= 4 is 32.8 Å². The lowest BCUT2D eigenvalue weighted by molar-refractivity contribution is -0.110. The van der Waals surface area contributed by atoms with Crippen molar-refractivity contribution in [3.05, 3.63) is 22.2 Å². The van der Waals surface area contributed by atoms with Gasteiger partial charge in [0.15, 0.2) is 5.12 Å². The van der Waals surface area contributed by atoms with E-state index in [0.29, 0.717) is 6.42 Å². The number of ether oxygens (including phenoxy) is 1. The Labute approximate surface area is 88.8 Å². The lowest BCUT2D eigenvalue weighted by atomic mass is 10.2. The molecule has 1 heterocycles. The molecule has 68 valence electrons. The van der Waals surface area contributed by atoms with Crippen molar-refractivity contribution in [2.45, 2.75) is 11.3 Å². The molecule has 0 bridgehead atoms. The summed E-state index contributed by atoms with van der Waals surface area (Å²) in [5, 5.41) is 0.198. The predicted molar refractivity (Wildman–Crippen MR) is 55.3 cm³/mol. The standard InChI is InChI=1S/C9H7BrO2S/c1-12-6-3-2-5-4-7(11)13-9(5)8(6)10/h2-3H,4H2,1H3. The smallest absolute Gasteiger partial charge is 0.198 e. The first kappa shape index (κ1) is 9.09. The number of methoxy groups -OCH3 is 1. The quantitative estimate of drug-likeness (QED) is 0.775. The molecule has 0 saturated heterocycles. The third-order valence-electron chi connectivity index (χ3n) is 1.91. The van der Waals surface area contributed by atoms with Crippen molar-refractivity contribution in [1.29, 1.82) is 0 Å². The number of hydrogen-bond donors (Lipinski definition) is 0. The molecule has 13 heavy (non-hydrogen) atoms. The van der Waals surface area contributed by atoms with Crippen molar-refractivity contribution in [3.63, 3.8) is 0 Å². The third-order valence-corrected chi connectivity index (χ3v) is 4.01. The van der Waals surface area contributed by atoms with Crippen LogP contribution in [0.4, 0.5) is 0 Å². The van der Waals surface area contributed by atoms with Crippen LogP contribution in [0.15, 0.2) is 21.5 Å². The number of halogens is 1. The van der Waals surface area contributed by atoms with Gasteiger partial charge in [-0.3, -0.25) is 4.79 Å². The van der Waals surface area contributed by atoms with E-state index in [9.17, 15) is 4.79 Å². The Bertz CT molecular complexity index is 376. The number of hydrogen-bond acceptors (Lipinski definition) is 3. The highest BCUT2D eigenvalue weighted by Gasteiger charge is 2.23. The maximum absolute atomic E-state index is 11.2. The second-order valence-electron chi connectivity index (χ2n) is 2.72. The zero-order valence-electron chi connectivity index (χ0n) is 6.96. The Morgan fingerprint density at radius 1 is 1.54 bits per heavy atom. The highest BCUT2D eigenvalue weighted by molar-refractivity contribution is 9.10. The average molecular weight is 259 g/mol. The van der Waals surface area contributed by atoms with Gasteiger partial charge in [0.05, 0.1) is 11.6 Å². The maximum atomic E-state index is 11.2. The fraction of sp³-hybridized carbons (Fsp3) is 0.222. The lowest BCUT2D eigenvalue weighted by Crippen LogP contribution is -1.88. The van der Waals surface area contributed by atoms with Gasteiger partial charge in [0.25, 0.3) is 0 Å². The summed E-state index contributed by atoms with van der Waals surface area (Å²) in [6, 6.07) is 3.82. The molecule has 0 spiro atoms. The van der Waals surface area contributed by atoms with Gasteiger partial charge in [-0.25, -0.2) is 0 Å². The first-order chi connectivity index (χ1) is 6.22. The summed E-state index contributed by atoms with van der Waals surface area (Å²) in [5.41, 5.74) is 1.09. The second-order valence-corrected chi connectivity index (χ2v) is 4.58. The number of carbonyl (C=O) groups excluding carboxylic acids is 1. The summed E-state index contributed by atoms with van der Waals surface area (Å²) < 4.78 is 6.03. The molecule has 0 unspecified atom stereocenters. The molecular weight excluding hydrogens is 252 g/mol. The van der Waals surface area contributed by atoms with E-state index in [1.165, 1.54) is 11.8 Å². The molecule has 1 aromatic carbocycles. The number of fused-ring (bicyclic) bond motifs is 1. The van der Waals surface area contributed by atoms with Gasteiger partial charge >= 0.3 is 0 Å². The van der Waals surface area contributed by atoms with Gasteiger partial charge in [0.2, 0.25) is 0 Å². The Morgan fingerprint density at radius 2 is 2.31 bits per heavy atom. The summed E-state index contributed by atoms with van der Waals surface area (Å²) in [6.45, 7) is 0. The Morgan fingerprint density at radius 3 is 3.00 bits per heavy atom. The molecule has 0 radical (unpaired) electrons. The number of carbonyl (C=O) groups is 1. The summed E-state index contributed by atoms with van der Waals surface area (Å²) >= 11 is 4.70. The summed E-state index contributed by atoms with van der Waals surface area (Å²) in [4.78, 5) is 12.2. The molecule has 1 aliphatic heterocycles. The first-order valence-electron chi connectivity index (χ1n) is 3.78. The molecule has 0 saturated carbocycles. The monoisotopic (exact) mass is 258 g/mol. The van der Waals surface area contributed by atoms with Crippen molar-refractivity contribution in [2.75, 3.05) is 7.11 Å². The van der Waals surface area contributed by atoms with E-state index >= 15 is 0 Å². The van der Waals surface area contributed by atoms with E-state index in [2.05, 4.69) is 15.9 Å². The van der Waals surface area contributed by atoms with Gasteiger partial charge in [0, 0.05) is 11.3 Å². The van der Waals surface area contributed by atoms with E-state index in [0.717, 1.165) is 20.7 Å². The number of benzene rings is 1. The fourth-order valence-electron chi connectivity index (χ4n) is 1.29. The lowest BCUT2D eigenvalue weighted by Gasteiger charge is -2.05. The van der Waals surface area contributed by atoms with E-state index in [1.807, 2.05) is 12.1 Å². The molecule has 0 aromatic heterocycles. The fourth-order valence-corrected chi connectivity index (χ4v) is 3.00. The minimum atomic E-state index is 0.198. The third kappa shape index (κ3) is 1.48. The minimum absolute atomic E-state index is 0.198. The van der Waals surface area contributed by atoms with Gasteiger partial charge in [-0.15, -0.1) is 0 Å². The van der Waals surface area contributed by atoms with Crippen LogP contribution in [0, 0.1) is 0 Å². The molecule has 2 nitrogen and oxygen atoms in total. The molecule has 2 rings (SSSR count). The molecule has 0 N–H and O–H groups in total. The topological polar surface area (TPSA) is 26.3 Å². The van der Waals surface area contributed by atoms with Crippen LogP contribution >= 0.6 is 27.7 Å². The van der Waals surface area contributed by atoms with Crippen LogP contribution in [0.2, 0.25) is 0 Å². The van der Waals surface area contributed by atoms with Crippen LogP contribution in [0.1, 0.15) is 5.56 Å². The van der Waals surface area contributed by atoms with Gasteiger partial charge in [0.1, 0.15) is 5.75 Å². The molecule has 0 amide bonds. The summed E-state index contributed by atoms with van der Waals surface area (Å²) in [6.07, 6.45) is 0.530. The van der Waals surface area contributed by atoms with Crippen LogP contribution in [0.5, 0.6) is 5.75 Å². The SMILES string of the molecule is COc1ccc2c(c1Br)SC(=O)C2. The van der Waals surface area contributed by atoms with Gasteiger partial charge in [-0.1, -0.05) is 6.07 Å². The van der Waals surface area contributed by atoms with E-state index in [1.54, 1.807) is 7.11 Å². The Balaban J connectivity index is 2.54. The van der Waals surface area contributed by atoms with Crippen LogP contribution < -0.4 is 4.74 Å². The van der Waals surface area contributed by atoms with Crippen molar-refractivity contribution in [1.82, 2.24) is 0 Å². The van der Waals surface area contributed by atoms with Crippen LogP contribution in [0.3, 0.4) is 0 Å². The zero-order valence-corrected chi connectivity index (χ0v) is 9.37. The second kappa shape index (κ2) is 3.35.